The number of hydrogen-bond acceptors (Lipinski definition) is 4. The van der Waals surface area contributed by atoms with Gasteiger partial charge in [-0.1, -0.05) is 11.6 Å². The highest BCUT2D eigenvalue weighted by molar-refractivity contribution is 6.30. The summed E-state index contributed by atoms with van der Waals surface area (Å²) in [5.41, 5.74) is 0.923. The zero-order chi connectivity index (χ0) is 26.0. The van der Waals surface area contributed by atoms with Crippen LogP contribution in [0.1, 0.15) is 50.5 Å². The van der Waals surface area contributed by atoms with Crippen LogP contribution in [-0.2, 0) is 16.1 Å². The molecule has 6 rings (SSSR count). The second-order valence-corrected chi connectivity index (χ2v) is 12.5. The lowest BCUT2D eigenvalue weighted by molar-refractivity contribution is -0.275. The number of hydrogen-bond donors (Lipinski definition) is 1. The Morgan fingerprint density at radius 2 is 1.81 bits per heavy atom. The minimum Gasteiger partial charge on any atom is -0.405 e. The Labute approximate surface area is 219 Å². The average Bonchev–Trinajstić information content (AvgIpc) is 3.14. The average molecular weight is 540 g/mol. The van der Waals surface area contributed by atoms with Crippen molar-refractivity contribution < 1.29 is 27.5 Å². The molecule has 2 amide bonds. The van der Waals surface area contributed by atoms with E-state index in [4.69, 9.17) is 11.6 Å². The van der Waals surface area contributed by atoms with Gasteiger partial charge in [0, 0.05) is 49.7 Å². The molecule has 4 saturated carbocycles. The minimum atomic E-state index is -4.78. The van der Waals surface area contributed by atoms with Gasteiger partial charge in [-0.25, -0.2) is 0 Å². The first-order chi connectivity index (χ1) is 17.5. The number of nitrogens with zero attached hydrogens (tertiary/aromatic N) is 2. The van der Waals surface area contributed by atoms with Crippen LogP contribution in [0.25, 0.3) is 0 Å². The van der Waals surface area contributed by atoms with Crippen molar-refractivity contribution in [2.24, 2.45) is 28.6 Å². The van der Waals surface area contributed by atoms with Gasteiger partial charge in [0.2, 0.25) is 11.8 Å². The van der Waals surface area contributed by atoms with E-state index in [9.17, 15) is 22.8 Å². The Morgan fingerprint density at radius 3 is 2.57 bits per heavy atom. The van der Waals surface area contributed by atoms with Crippen molar-refractivity contribution in [1.82, 2.24) is 15.1 Å². The van der Waals surface area contributed by atoms with Crippen LogP contribution in [0.3, 0.4) is 0 Å². The summed E-state index contributed by atoms with van der Waals surface area (Å²) in [6.45, 7) is 2.14. The van der Waals surface area contributed by atoms with E-state index in [2.05, 4.69) is 10.1 Å². The number of halogens is 4. The maximum atomic E-state index is 12.9. The highest BCUT2D eigenvalue weighted by Gasteiger charge is 2.74. The maximum absolute atomic E-state index is 12.9. The Bertz CT molecular complexity index is 1090. The van der Waals surface area contributed by atoms with Crippen LogP contribution in [0.2, 0.25) is 5.02 Å². The molecule has 10 heteroatoms. The topological polar surface area (TPSA) is 61.9 Å². The number of nitrogens with one attached hydrogen (secondary N) is 1. The summed E-state index contributed by atoms with van der Waals surface area (Å²) in [6.07, 6.45) is 3.46. The van der Waals surface area contributed by atoms with Crippen molar-refractivity contribution in [3.63, 3.8) is 0 Å². The summed E-state index contributed by atoms with van der Waals surface area (Å²) >= 11 is 6.00. The van der Waals surface area contributed by atoms with Gasteiger partial charge in [-0.15, -0.1) is 13.2 Å². The van der Waals surface area contributed by atoms with Gasteiger partial charge in [0.05, 0.1) is 6.54 Å². The molecule has 5 atom stereocenters. The lowest BCUT2D eigenvalue weighted by Crippen LogP contribution is -2.55. The molecule has 1 heterocycles. The molecule has 1 saturated heterocycles. The van der Waals surface area contributed by atoms with Gasteiger partial charge in [0.15, 0.2) is 0 Å². The van der Waals surface area contributed by atoms with E-state index in [1.165, 1.54) is 56.7 Å². The largest absolute Gasteiger partial charge is 0.573 e. The predicted octanol–water partition coefficient (Wildman–Crippen LogP) is 4.61. The molecular weight excluding hydrogens is 507 g/mol. The number of benzene rings is 1. The number of carbonyl (C=O) groups is 2. The maximum Gasteiger partial charge on any atom is 0.573 e. The summed E-state index contributed by atoms with van der Waals surface area (Å²) in [7, 11) is 0. The van der Waals surface area contributed by atoms with E-state index < -0.39 is 6.36 Å². The number of rotatable bonds is 7. The number of carbonyl (C=O) groups excluding carboxylic acids is 2. The highest BCUT2D eigenvalue weighted by Crippen LogP contribution is 2.82. The van der Waals surface area contributed by atoms with E-state index in [1.54, 1.807) is 4.90 Å². The first-order valence-electron chi connectivity index (χ1n) is 13.4. The SMILES string of the molecule is O=C(CC12CC3CC4CC(C1)C2(C4)C3)NCC(=O)N1CCN(Cc2cc(Cl)ccc2OC(F)(F)F)CC1. The van der Waals surface area contributed by atoms with Crippen LogP contribution in [0.4, 0.5) is 13.2 Å². The van der Waals surface area contributed by atoms with Crippen molar-refractivity contribution in [3.05, 3.63) is 28.8 Å². The second-order valence-electron chi connectivity index (χ2n) is 12.1. The van der Waals surface area contributed by atoms with E-state index in [0.29, 0.717) is 48.6 Å². The minimum absolute atomic E-state index is 0.00470. The third kappa shape index (κ3) is 4.60. The van der Waals surface area contributed by atoms with E-state index in [-0.39, 0.29) is 36.1 Å². The van der Waals surface area contributed by atoms with Gasteiger partial charge < -0.3 is 15.0 Å². The third-order valence-corrected chi connectivity index (χ3v) is 10.3. The van der Waals surface area contributed by atoms with Gasteiger partial charge in [0.1, 0.15) is 5.75 Å². The lowest BCUT2D eigenvalue weighted by Gasteiger charge is -2.59. The zero-order valence-corrected chi connectivity index (χ0v) is 21.5. The molecule has 37 heavy (non-hydrogen) atoms. The van der Waals surface area contributed by atoms with Crippen LogP contribution in [-0.4, -0.2) is 60.7 Å². The van der Waals surface area contributed by atoms with Crippen LogP contribution in [0.15, 0.2) is 18.2 Å². The van der Waals surface area contributed by atoms with Gasteiger partial charge in [-0.3, -0.25) is 14.5 Å². The summed E-state index contributed by atoms with van der Waals surface area (Å²) in [5.74, 6) is 2.09. The summed E-state index contributed by atoms with van der Waals surface area (Å²) in [5, 5.41) is 3.23. The highest BCUT2D eigenvalue weighted by atomic mass is 35.5. The van der Waals surface area contributed by atoms with Gasteiger partial charge in [-0.2, -0.15) is 0 Å². The van der Waals surface area contributed by atoms with Gasteiger partial charge in [-0.05, 0) is 85.3 Å². The van der Waals surface area contributed by atoms with Crippen LogP contribution in [0, 0.1) is 28.6 Å². The Balaban J connectivity index is 0.974. The van der Waals surface area contributed by atoms with Crippen molar-refractivity contribution in [3.8, 4) is 5.75 Å². The molecule has 1 N–H and O–H groups in total. The van der Waals surface area contributed by atoms with Crippen LogP contribution >= 0.6 is 11.6 Å². The molecule has 5 aliphatic rings. The molecule has 3 bridgehead atoms. The second kappa shape index (κ2) is 9.04. The van der Waals surface area contributed by atoms with Gasteiger partial charge in [0.25, 0.3) is 0 Å². The Hall–Kier alpha value is -2.00. The first kappa shape index (κ1) is 25.3. The molecule has 0 aromatic heterocycles. The zero-order valence-electron chi connectivity index (χ0n) is 20.8. The smallest absolute Gasteiger partial charge is 0.405 e. The summed E-state index contributed by atoms with van der Waals surface area (Å²) < 4.78 is 42.4. The third-order valence-electron chi connectivity index (χ3n) is 10.0. The number of ether oxygens (including phenoxy) is 1. The van der Waals surface area contributed by atoms with Crippen molar-refractivity contribution >= 4 is 23.4 Å². The summed E-state index contributed by atoms with van der Waals surface area (Å²) in [4.78, 5) is 29.4. The molecule has 202 valence electrons. The molecule has 4 aliphatic carbocycles. The molecule has 1 aliphatic heterocycles. The molecule has 5 fully saturated rings. The summed E-state index contributed by atoms with van der Waals surface area (Å²) in [6, 6.07) is 4.06. The normalized spacial score (nSPS) is 34.3. The first-order valence-corrected chi connectivity index (χ1v) is 13.7. The van der Waals surface area contributed by atoms with E-state index in [0.717, 1.165) is 17.8 Å². The predicted molar refractivity (Wildman–Crippen MR) is 131 cm³/mol. The van der Waals surface area contributed by atoms with Crippen LogP contribution < -0.4 is 10.1 Å². The number of fused-ring (bicyclic) bond motifs is 2. The standard InChI is InChI=1S/C27H33ClF3N3O3/c28-21-1-2-22(37-27(29,30)31)19(9-21)16-33-3-5-34(6-4-33)24(36)15-32-23(35)14-25-10-18-7-17-8-20(13-25)26(25,11-17)12-18/h1-2,9,17-18,20H,3-8,10-16H2,(H,32,35). The lowest BCUT2D eigenvalue weighted by atomic mass is 9.45. The fourth-order valence-corrected chi connectivity index (χ4v) is 9.04. The molecule has 5 unspecified atom stereocenters. The van der Waals surface area contributed by atoms with Crippen LogP contribution in [0.5, 0.6) is 5.75 Å². The number of piperazine rings is 1. The number of alkyl halides is 3. The fourth-order valence-electron chi connectivity index (χ4n) is 8.84. The van der Waals surface area contributed by atoms with Crippen molar-refractivity contribution in [1.29, 1.82) is 0 Å². The Morgan fingerprint density at radius 1 is 1.05 bits per heavy atom. The fraction of sp³-hybridized carbons (Fsp3) is 0.704. The molecule has 1 spiro atoms. The number of amides is 2. The quantitative estimate of drug-likeness (QED) is 0.550. The molecule has 0 radical (unpaired) electrons. The monoisotopic (exact) mass is 539 g/mol. The molecule has 1 aromatic rings. The van der Waals surface area contributed by atoms with E-state index in [1.807, 2.05) is 4.90 Å². The van der Waals surface area contributed by atoms with Gasteiger partial charge >= 0.3 is 6.36 Å². The van der Waals surface area contributed by atoms with E-state index >= 15 is 0 Å². The van der Waals surface area contributed by atoms with Crippen molar-refractivity contribution in [2.75, 3.05) is 32.7 Å². The molecule has 1 aromatic carbocycles. The molecular formula is C27H33ClF3N3O3. The Kier molecular flexibility index (Phi) is 6.18. The molecule has 6 nitrogen and oxygen atoms in total. The van der Waals surface area contributed by atoms with Crippen molar-refractivity contribution in [2.45, 2.75) is 57.9 Å².